The number of aryl methyl sites for hydroxylation is 1. The van der Waals surface area contributed by atoms with E-state index in [-0.39, 0.29) is 17.4 Å². The maximum Gasteiger partial charge on any atom is 0.379 e. The topological polar surface area (TPSA) is 119 Å². The third-order valence-electron chi connectivity index (χ3n) is 5.27. The van der Waals surface area contributed by atoms with Crippen molar-refractivity contribution < 1.29 is 28.3 Å². The minimum absolute atomic E-state index is 0.0691. The number of hydrogen-bond acceptors (Lipinski definition) is 7. The summed E-state index contributed by atoms with van der Waals surface area (Å²) in [4.78, 5) is 37.3. The summed E-state index contributed by atoms with van der Waals surface area (Å²) in [5.41, 5.74) is 5.43. The van der Waals surface area contributed by atoms with Gasteiger partial charge in [0.2, 0.25) is 5.76 Å². The minimum Gasteiger partial charge on any atom is -0.490 e. The van der Waals surface area contributed by atoms with Crippen molar-refractivity contribution in [3.05, 3.63) is 113 Å². The van der Waals surface area contributed by atoms with Crippen molar-refractivity contribution in [2.75, 3.05) is 11.9 Å². The number of amides is 2. The number of nitrogens with zero attached hydrogens (tertiary/aromatic N) is 1. The third-order valence-corrected chi connectivity index (χ3v) is 5.27. The van der Waals surface area contributed by atoms with E-state index in [1.807, 2.05) is 19.1 Å². The molecule has 1 heterocycles. The normalized spacial score (nSPS) is 10.7. The largest absolute Gasteiger partial charge is 0.490 e. The van der Waals surface area contributed by atoms with E-state index in [0.29, 0.717) is 34.7 Å². The molecule has 0 aliphatic rings. The number of furan rings is 1. The van der Waals surface area contributed by atoms with Gasteiger partial charge in [0.15, 0.2) is 11.5 Å². The number of hydrazone groups is 1. The number of nitrogens with one attached hydrogen (secondary N) is 2. The molecule has 9 nitrogen and oxygen atoms in total. The fourth-order valence-electron chi connectivity index (χ4n) is 3.38. The molecule has 38 heavy (non-hydrogen) atoms. The second-order valence-electron chi connectivity index (χ2n) is 8.11. The molecule has 1 aromatic heterocycles. The second-order valence-corrected chi connectivity index (χ2v) is 8.11. The first-order valence-electron chi connectivity index (χ1n) is 11.8. The number of rotatable bonds is 9. The van der Waals surface area contributed by atoms with E-state index < -0.39 is 11.9 Å². The molecule has 0 unspecified atom stereocenters. The van der Waals surface area contributed by atoms with Crippen LogP contribution in [0.4, 0.5) is 5.69 Å². The van der Waals surface area contributed by atoms with Gasteiger partial charge in [-0.3, -0.25) is 9.59 Å². The summed E-state index contributed by atoms with van der Waals surface area (Å²) in [6.45, 7) is 4.09. The Kier molecular flexibility index (Phi) is 8.30. The average Bonchev–Trinajstić information content (AvgIpc) is 3.46. The lowest BCUT2D eigenvalue weighted by molar-refractivity contribution is 0.0694. The highest BCUT2D eigenvalue weighted by Gasteiger charge is 2.15. The number of benzene rings is 3. The molecule has 0 bridgehead atoms. The van der Waals surface area contributed by atoms with Gasteiger partial charge in [0, 0.05) is 16.8 Å². The van der Waals surface area contributed by atoms with Crippen LogP contribution >= 0.6 is 0 Å². The van der Waals surface area contributed by atoms with Crippen molar-refractivity contribution in [1.82, 2.24) is 5.43 Å². The van der Waals surface area contributed by atoms with E-state index in [9.17, 15) is 14.4 Å². The van der Waals surface area contributed by atoms with Gasteiger partial charge in [-0.15, -0.1) is 0 Å². The Morgan fingerprint density at radius 1 is 0.895 bits per heavy atom. The van der Waals surface area contributed by atoms with Gasteiger partial charge in [-0.25, -0.2) is 10.2 Å². The maximum atomic E-state index is 12.6. The third kappa shape index (κ3) is 6.73. The first-order valence-corrected chi connectivity index (χ1v) is 11.8. The predicted molar refractivity (Wildman–Crippen MR) is 142 cm³/mol. The Morgan fingerprint density at radius 3 is 2.45 bits per heavy atom. The monoisotopic (exact) mass is 511 g/mol. The molecule has 0 aliphatic heterocycles. The predicted octanol–water partition coefficient (Wildman–Crippen LogP) is 5.22. The van der Waals surface area contributed by atoms with Crippen molar-refractivity contribution in [3.63, 3.8) is 0 Å². The fraction of sp³-hybridized carbons (Fsp3) is 0.103. The maximum absolute atomic E-state index is 12.6. The van der Waals surface area contributed by atoms with E-state index in [4.69, 9.17) is 13.9 Å². The van der Waals surface area contributed by atoms with Crippen molar-refractivity contribution in [3.8, 4) is 11.5 Å². The molecular formula is C29H25N3O6. The Balaban J connectivity index is 1.39. The molecule has 9 heteroatoms. The lowest BCUT2D eigenvalue weighted by Gasteiger charge is -2.10. The first kappa shape index (κ1) is 25.9. The van der Waals surface area contributed by atoms with Gasteiger partial charge < -0.3 is 19.2 Å². The summed E-state index contributed by atoms with van der Waals surface area (Å²) in [6.07, 6.45) is 2.81. The average molecular weight is 512 g/mol. The van der Waals surface area contributed by atoms with Crippen LogP contribution in [0.2, 0.25) is 0 Å². The van der Waals surface area contributed by atoms with E-state index in [2.05, 4.69) is 15.8 Å². The van der Waals surface area contributed by atoms with E-state index in [0.717, 1.165) is 5.56 Å². The lowest BCUT2D eigenvalue weighted by Crippen LogP contribution is -2.18. The van der Waals surface area contributed by atoms with Crippen LogP contribution in [-0.2, 0) is 0 Å². The highest BCUT2D eigenvalue weighted by molar-refractivity contribution is 6.05. The van der Waals surface area contributed by atoms with Crippen molar-refractivity contribution in [2.24, 2.45) is 5.10 Å². The lowest BCUT2D eigenvalue weighted by atomic mass is 10.1. The molecule has 0 saturated carbocycles. The summed E-state index contributed by atoms with van der Waals surface area (Å²) in [5.74, 6) is -0.758. The Hall–Kier alpha value is -5.18. The van der Waals surface area contributed by atoms with Gasteiger partial charge in [0.25, 0.3) is 11.8 Å². The molecule has 3 aromatic carbocycles. The van der Waals surface area contributed by atoms with E-state index in [1.165, 1.54) is 18.5 Å². The Morgan fingerprint density at radius 2 is 1.71 bits per heavy atom. The van der Waals surface area contributed by atoms with Crippen LogP contribution in [0.15, 0.2) is 94.6 Å². The number of esters is 1. The zero-order valence-electron chi connectivity index (χ0n) is 20.8. The zero-order chi connectivity index (χ0) is 26.9. The van der Waals surface area contributed by atoms with Gasteiger partial charge in [0.1, 0.15) is 0 Å². The summed E-state index contributed by atoms with van der Waals surface area (Å²) < 4.78 is 16.0. The van der Waals surface area contributed by atoms with Gasteiger partial charge >= 0.3 is 5.97 Å². The fourth-order valence-corrected chi connectivity index (χ4v) is 3.38. The number of hydrogen-bond donors (Lipinski definition) is 2. The summed E-state index contributed by atoms with van der Waals surface area (Å²) in [7, 11) is 0. The standard InChI is InChI=1S/C29H25N3O6/c1-3-36-26-16-20(11-14-24(26)38-29(35)25-8-5-15-37-25)18-30-32-28(34)22-6-4-7-23(17-22)31-27(33)21-12-9-19(2)10-13-21/h4-18H,3H2,1-2H3,(H,31,33)(H,32,34). The molecule has 0 saturated heterocycles. The van der Waals surface area contributed by atoms with Gasteiger partial charge in [-0.1, -0.05) is 23.8 Å². The number of carbonyl (C=O) groups excluding carboxylic acids is 3. The van der Waals surface area contributed by atoms with E-state index >= 15 is 0 Å². The molecule has 4 rings (SSSR count). The van der Waals surface area contributed by atoms with Crippen molar-refractivity contribution in [1.29, 1.82) is 0 Å². The molecule has 2 amide bonds. The minimum atomic E-state index is -0.651. The highest BCUT2D eigenvalue weighted by atomic mass is 16.6. The molecule has 0 aliphatic carbocycles. The van der Waals surface area contributed by atoms with E-state index in [1.54, 1.807) is 67.6 Å². The Labute approximate surface area is 219 Å². The van der Waals surface area contributed by atoms with Crippen molar-refractivity contribution in [2.45, 2.75) is 13.8 Å². The summed E-state index contributed by atoms with van der Waals surface area (Å²) in [6, 6.07) is 21.7. The summed E-state index contributed by atoms with van der Waals surface area (Å²) in [5, 5.41) is 6.79. The van der Waals surface area contributed by atoms with Gasteiger partial charge in [-0.05, 0) is 80.1 Å². The smallest absolute Gasteiger partial charge is 0.379 e. The van der Waals surface area contributed by atoms with Crippen LogP contribution in [-0.4, -0.2) is 30.6 Å². The second kappa shape index (κ2) is 12.2. The molecule has 0 atom stereocenters. The Bertz CT molecular complexity index is 1460. The summed E-state index contributed by atoms with van der Waals surface area (Å²) >= 11 is 0. The molecule has 0 fully saturated rings. The van der Waals surface area contributed by atoms with Gasteiger partial charge in [0.05, 0.1) is 19.1 Å². The van der Waals surface area contributed by atoms with Crippen LogP contribution in [0.5, 0.6) is 11.5 Å². The van der Waals surface area contributed by atoms with Crippen LogP contribution in [0.1, 0.15) is 49.3 Å². The van der Waals surface area contributed by atoms with Crippen LogP contribution in [0.25, 0.3) is 0 Å². The quantitative estimate of drug-likeness (QED) is 0.138. The van der Waals surface area contributed by atoms with Crippen molar-refractivity contribution >= 4 is 29.7 Å². The molecule has 0 spiro atoms. The number of ether oxygens (including phenoxy) is 2. The molecule has 4 aromatic rings. The van der Waals surface area contributed by atoms with Crippen LogP contribution in [0.3, 0.4) is 0 Å². The SMILES string of the molecule is CCOc1cc(C=NNC(=O)c2cccc(NC(=O)c3ccc(C)cc3)c2)ccc1OC(=O)c1ccco1. The number of carbonyl (C=O) groups is 3. The van der Waals surface area contributed by atoms with Crippen LogP contribution in [0, 0.1) is 6.92 Å². The molecule has 2 N–H and O–H groups in total. The highest BCUT2D eigenvalue weighted by Crippen LogP contribution is 2.29. The van der Waals surface area contributed by atoms with Gasteiger partial charge in [-0.2, -0.15) is 5.10 Å². The molecule has 0 radical (unpaired) electrons. The number of anilines is 1. The zero-order valence-corrected chi connectivity index (χ0v) is 20.8. The van der Waals surface area contributed by atoms with Crippen LogP contribution < -0.4 is 20.2 Å². The molecule has 192 valence electrons. The first-order chi connectivity index (χ1) is 18.4. The molecular weight excluding hydrogens is 486 g/mol.